The van der Waals surface area contributed by atoms with E-state index in [9.17, 15) is 9.18 Å². The molecule has 0 radical (unpaired) electrons. The summed E-state index contributed by atoms with van der Waals surface area (Å²) in [5.41, 5.74) is 5.13. The minimum Gasteiger partial charge on any atom is -0.489 e. The van der Waals surface area contributed by atoms with Crippen molar-refractivity contribution in [2.75, 3.05) is 13.1 Å². The molecular weight excluding hydrogens is 247 g/mol. The summed E-state index contributed by atoms with van der Waals surface area (Å²) >= 11 is 0. The number of hydrogen-bond donors (Lipinski definition) is 2. The topological polar surface area (TPSA) is 64.4 Å². The molecule has 0 spiro atoms. The number of hydrogen-bond acceptors (Lipinski definition) is 3. The Bertz CT molecular complexity index is 346. The summed E-state index contributed by atoms with van der Waals surface area (Å²) < 4.78 is 18.0. The van der Waals surface area contributed by atoms with E-state index in [0.29, 0.717) is 12.3 Å². The van der Waals surface area contributed by atoms with Gasteiger partial charge in [0, 0.05) is 0 Å². The van der Waals surface area contributed by atoms with Crippen molar-refractivity contribution in [1.29, 1.82) is 0 Å². The fraction of sp³-hybridized carbons (Fsp3) is 0.364. The van der Waals surface area contributed by atoms with Gasteiger partial charge in [-0.05, 0) is 31.2 Å². The molecule has 17 heavy (non-hydrogen) atoms. The number of halogens is 2. The molecule has 0 fully saturated rings. The first-order valence-corrected chi connectivity index (χ1v) is 5.01. The van der Waals surface area contributed by atoms with E-state index in [1.165, 1.54) is 24.3 Å². The van der Waals surface area contributed by atoms with Crippen LogP contribution in [-0.4, -0.2) is 25.1 Å². The van der Waals surface area contributed by atoms with Crippen LogP contribution >= 0.6 is 12.4 Å². The molecule has 1 amide bonds. The lowest BCUT2D eigenvalue weighted by atomic mass is 10.3. The van der Waals surface area contributed by atoms with Crippen LogP contribution in [0.15, 0.2) is 24.3 Å². The van der Waals surface area contributed by atoms with Gasteiger partial charge in [0.15, 0.2) is 0 Å². The van der Waals surface area contributed by atoms with Gasteiger partial charge in [-0.1, -0.05) is 0 Å². The van der Waals surface area contributed by atoms with E-state index in [2.05, 4.69) is 5.32 Å². The van der Waals surface area contributed by atoms with E-state index in [4.69, 9.17) is 10.5 Å². The van der Waals surface area contributed by atoms with Gasteiger partial charge in [-0.25, -0.2) is 4.39 Å². The number of carbonyl (C=O) groups excluding carboxylic acids is 1. The van der Waals surface area contributed by atoms with Crippen LogP contribution in [0.2, 0.25) is 0 Å². The van der Waals surface area contributed by atoms with Crippen molar-refractivity contribution in [3.8, 4) is 5.75 Å². The Morgan fingerprint density at radius 3 is 2.59 bits per heavy atom. The molecule has 3 N–H and O–H groups in total. The average Bonchev–Trinajstić information content (AvgIpc) is 2.29. The second-order valence-corrected chi connectivity index (χ2v) is 3.39. The monoisotopic (exact) mass is 262 g/mol. The minimum absolute atomic E-state index is 0. The first-order valence-electron chi connectivity index (χ1n) is 5.01. The van der Waals surface area contributed by atoms with Crippen LogP contribution < -0.4 is 15.8 Å². The lowest BCUT2D eigenvalue weighted by Crippen LogP contribution is -2.37. The molecule has 0 aliphatic carbocycles. The molecule has 1 unspecified atom stereocenters. The van der Waals surface area contributed by atoms with Crippen LogP contribution in [-0.2, 0) is 4.79 Å². The smallest absolute Gasteiger partial charge is 0.233 e. The second-order valence-electron chi connectivity index (χ2n) is 3.39. The summed E-state index contributed by atoms with van der Waals surface area (Å²) in [7, 11) is 0. The van der Waals surface area contributed by atoms with Crippen molar-refractivity contribution in [1.82, 2.24) is 5.32 Å². The van der Waals surface area contributed by atoms with E-state index in [1.807, 2.05) is 0 Å². The first-order chi connectivity index (χ1) is 7.61. The Labute approximate surface area is 106 Å². The maximum absolute atomic E-state index is 12.6. The fourth-order valence-electron chi connectivity index (χ4n) is 1.12. The van der Waals surface area contributed by atoms with E-state index in [0.717, 1.165) is 0 Å². The maximum Gasteiger partial charge on any atom is 0.233 e. The van der Waals surface area contributed by atoms with Gasteiger partial charge in [0.1, 0.15) is 17.7 Å². The zero-order valence-electron chi connectivity index (χ0n) is 9.48. The van der Waals surface area contributed by atoms with Crippen molar-refractivity contribution in [2.45, 2.75) is 13.0 Å². The Balaban J connectivity index is 0.00000256. The van der Waals surface area contributed by atoms with Crippen LogP contribution in [0.5, 0.6) is 5.75 Å². The normalized spacial score (nSPS) is 11.2. The van der Waals surface area contributed by atoms with Gasteiger partial charge in [0.25, 0.3) is 0 Å². The average molecular weight is 263 g/mol. The van der Waals surface area contributed by atoms with Crippen molar-refractivity contribution in [3.05, 3.63) is 30.1 Å². The quantitative estimate of drug-likeness (QED) is 0.835. The van der Waals surface area contributed by atoms with E-state index < -0.39 is 0 Å². The third kappa shape index (κ3) is 6.09. The summed E-state index contributed by atoms with van der Waals surface area (Å²) in [5.74, 6) is 0.0295. The van der Waals surface area contributed by atoms with Crippen LogP contribution in [0.4, 0.5) is 4.39 Å². The van der Waals surface area contributed by atoms with E-state index in [1.54, 1.807) is 6.92 Å². The van der Waals surface area contributed by atoms with Gasteiger partial charge >= 0.3 is 0 Å². The molecule has 1 aromatic rings. The molecular formula is C11H16ClFN2O2. The van der Waals surface area contributed by atoms with Crippen molar-refractivity contribution in [3.63, 3.8) is 0 Å². The molecule has 0 heterocycles. The zero-order valence-corrected chi connectivity index (χ0v) is 10.3. The van der Waals surface area contributed by atoms with Crippen molar-refractivity contribution < 1.29 is 13.9 Å². The van der Waals surface area contributed by atoms with Crippen molar-refractivity contribution >= 4 is 18.3 Å². The Hall–Kier alpha value is -1.33. The van der Waals surface area contributed by atoms with Crippen LogP contribution in [0, 0.1) is 5.82 Å². The first kappa shape index (κ1) is 15.7. The van der Waals surface area contributed by atoms with Gasteiger partial charge in [0.05, 0.1) is 13.1 Å². The predicted octanol–water partition coefficient (Wildman–Crippen LogP) is 1.09. The van der Waals surface area contributed by atoms with Crippen LogP contribution in [0.1, 0.15) is 6.92 Å². The van der Waals surface area contributed by atoms with Crippen LogP contribution in [0.25, 0.3) is 0 Å². The Morgan fingerprint density at radius 1 is 1.47 bits per heavy atom. The van der Waals surface area contributed by atoms with E-state index >= 15 is 0 Å². The summed E-state index contributed by atoms with van der Waals surface area (Å²) in [6.45, 7) is 2.14. The molecule has 6 heteroatoms. The van der Waals surface area contributed by atoms with Gasteiger partial charge in [-0.2, -0.15) is 0 Å². The Morgan fingerprint density at radius 2 is 2.06 bits per heavy atom. The van der Waals surface area contributed by atoms with Crippen molar-refractivity contribution in [2.24, 2.45) is 5.73 Å². The predicted molar refractivity (Wildman–Crippen MR) is 65.8 cm³/mol. The number of nitrogens with two attached hydrogens (primary N) is 1. The Kier molecular flexibility index (Phi) is 7.25. The third-order valence-corrected chi connectivity index (χ3v) is 1.92. The molecule has 0 saturated carbocycles. The van der Waals surface area contributed by atoms with Crippen LogP contribution in [0.3, 0.4) is 0 Å². The lowest BCUT2D eigenvalue weighted by molar-refractivity contribution is -0.120. The largest absolute Gasteiger partial charge is 0.489 e. The summed E-state index contributed by atoms with van der Waals surface area (Å²) in [6.07, 6.45) is -0.194. The highest BCUT2D eigenvalue weighted by Gasteiger charge is 2.05. The SMILES string of the molecule is CC(CNC(=O)CN)Oc1ccc(F)cc1.Cl. The molecule has 0 aliphatic heterocycles. The number of nitrogens with one attached hydrogen (secondary N) is 1. The highest BCUT2D eigenvalue weighted by molar-refractivity contribution is 5.85. The van der Waals surface area contributed by atoms with Gasteiger partial charge in [0.2, 0.25) is 5.91 Å². The van der Waals surface area contributed by atoms with Gasteiger partial charge < -0.3 is 15.8 Å². The third-order valence-electron chi connectivity index (χ3n) is 1.92. The standard InChI is InChI=1S/C11H15FN2O2.ClH/c1-8(7-14-11(15)6-13)16-10-4-2-9(12)3-5-10;/h2-5,8H,6-7,13H2,1H3,(H,14,15);1H. The summed E-state index contributed by atoms with van der Waals surface area (Å²) in [4.78, 5) is 10.9. The number of carbonyl (C=O) groups is 1. The van der Waals surface area contributed by atoms with E-state index in [-0.39, 0.29) is 36.8 Å². The molecule has 0 aromatic heterocycles. The van der Waals surface area contributed by atoms with Gasteiger partial charge in [-0.3, -0.25) is 4.79 Å². The molecule has 1 aromatic carbocycles. The number of ether oxygens (including phenoxy) is 1. The molecule has 4 nitrogen and oxygen atoms in total. The lowest BCUT2D eigenvalue weighted by Gasteiger charge is -2.15. The molecule has 1 atom stereocenters. The number of rotatable bonds is 5. The summed E-state index contributed by atoms with van der Waals surface area (Å²) in [6, 6.07) is 5.72. The number of benzene rings is 1. The number of amides is 1. The highest BCUT2D eigenvalue weighted by Crippen LogP contribution is 2.12. The minimum atomic E-state index is -0.309. The zero-order chi connectivity index (χ0) is 12.0. The molecule has 0 saturated heterocycles. The molecule has 96 valence electrons. The highest BCUT2D eigenvalue weighted by atomic mass is 35.5. The summed E-state index contributed by atoms with van der Waals surface area (Å²) in [5, 5.41) is 2.60. The molecule has 0 bridgehead atoms. The fourth-order valence-corrected chi connectivity index (χ4v) is 1.12. The second kappa shape index (κ2) is 7.86. The molecule has 0 aliphatic rings. The van der Waals surface area contributed by atoms with Gasteiger partial charge in [-0.15, -0.1) is 12.4 Å². The maximum atomic E-state index is 12.6. The molecule has 1 rings (SSSR count).